The summed E-state index contributed by atoms with van der Waals surface area (Å²) >= 11 is 0. The second-order valence-corrected chi connectivity index (χ2v) is 31.7. The fourth-order valence-electron chi connectivity index (χ4n) is 12.0. The van der Waals surface area contributed by atoms with E-state index in [0.29, 0.717) is 25.7 Å². The first kappa shape index (κ1) is 95.1. The van der Waals surface area contributed by atoms with Gasteiger partial charge in [-0.25, -0.2) is 9.13 Å². The minimum absolute atomic E-state index is 0.106. The monoisotopic (exact) mass is 1420 g/mol. The van der Waals surface area contributed by atoms with Crippen LogP contribution in [0, 0.1) is 11.8 Å². The molecule has 0 amide bonds. The van der Waals surface area contributed by atoms with Crippen LogP contribution in [0.25, 0.3) is 0 Å². The van der Waals surface area contributed by atoms with Crippen LogP contribution in [-0.4, -0.2) is 96.7 Å². The van der Waals surface area contributed by atoms with E-state index < -0.39 is 97.5 Å². The lowest BCUT2D eigenvalue weighted by molar-refractivity contribution is -0.161. The molecule has 19 heteroatoms. The van der Waals surface area contributed by atoms with E-state index >= 15 is 0 Å². The Kier molecular flexibility index (Phi) is 68.4. The van der Waals surface area contributed by atoms with Crippen molar-refractivity contribution < 1.29 is 80.2 Å². The molecule has 0 fully saturated rings. The summed E-state index contributed by atoms with van der Waals surface area (Å²) in [5, 5.41) is 10.6. The van der Waals surface area contributed by atoms with Gasteiger partial charge in [0.25, 0.3) is 0 Å². The molecule has 0 aromatic carbocycles. The molecule has 0 radical (unpaired) electrons. The van der Waals surface area contributed by atoms with Crippen molar-refractivity contribution in [3.63, 3.8) is 0 Å². The summed E-state index contributed by atoms with van der Waals surface area (Å²) < 4.78 is 68.5. The van der Waals surface area contributed by atoms with Gasteiger partial charge in [0.05, 0.1) is 26.4 Å². The van der Waals surface area contributed by atoms with Gasteiger partial charge in [-0.1, -0.05) is 356 Å². The highest BCUT2D eigenvalue weighted by molar-refractivity contribution is 7.47. The highest BCUT2D eigenvalue weighted by Crippen LogP contribution is 2.45. The average molecular weight is 1420 g/mol. The van der Waals surface area contributed by atoms with Crippen LogP contribution < -0.4 is 0 Å². The van der Waals surface area contributed by atoms with Crippen molar-refractivity contribution in [2.75, 3.05) is 39.6 Å². The highest BCUT2D eigenvalue weighted by Gasteiger charge is 2.30. The van der Waals surface area contributed by atoms with Gasteiger partial charge in [0, 0.05) is 25.7 Å². The van der Waals surface area contributed by atoms with Crippen LogP contribution in [0.2, 0.25) is 0 Å². The molecule has 0 aliphatic rings. The third kappa shape index (κ3) is 70.9. The number of hydrogen-bond donors (Lipinski definition) is 3. The largest absolute Gasteiger partial charge is 0.472 e. The van der Waals surface area contributed by atoms with Crippen molar-refractivity contribution in [2.45, 2.75) is 426 Å². The number of rotatable bonds is 77. The topological polar surface area (TPSA) is 237 Å². The van der Waals surface area contributed by atoms with Crippen molar-refractivity contribution in [3.05, 3.63) is 0 Å². The smallest absolute Gasteiger partial charge is 0.462 e. The molecule has 0 saturated carbocycles. The molecule has 0 spiro atoms. The van der Waals surface area contributed by atoms with Crippen LogP contribution in [0.4, 0.5) is 0 Å². The summed E-state index contributed by atoms with van der Waals surface area (Å²) in [6.07, 6.45) is 58.4. The van der Waals surface area contributed by atoms with Gasteiger partial charge in [0.15, 0.2) is 12.2 Å². The number of aliphatic hydroxyl groups excluding tert-OH is 1. The van der Waals surface area contributed by atoms with Crippen molar-refractivity contribution in [2.24, 2.45) is 11.8 Å². The molecular weight excluding hydrogens is 1270 g/mol. The van der Waals surface area contributed by atoms with E-state index in [1.54, 1.807) is 0 Å². The predicted molar refractivity (Wildman–Crippen MR) is 395 cm³/mol. The predicted octanol–water partition coefficient (Wildman–Crippen LogP) is 23.1. The Morgan fingerprint density at radius 3 is 0.784 bits per heavy atom. The fraction of sp³-hybridized carbons (Fsp3) is 0.949. The number of aliphatic hydroxyl groups is 1. The van der Waals surface area contributed by atoms with Gasteiger partial charge in [-0.15, -0.1) is 0 Å². The zero-order valence-electron chi connectivity index (χ0n) is 63.4. The normalized spacial score (nSPS) is 14.2. The van der Waals surface area contributed by atoms with Crippen LogP contribution >= 0.6 is 15.6 Å². The maximum absolute atomic E-state index is 13.1. The van der Waals surface area contributed by atoms with Crippen molar-refractivity contribution >= 4 is 39.5 Å². The van der Waals surface area contributed by atoms with Gasteiger partial charge in [-0.2, -0.15) is 0 Å². The van der Waals surface area contributed by atoms with Crippen LogP contribution in [0.1, 0.15) is 408 Å². The van der Waals surface area contributed by atoms with Crippen LogP contribution in [0.3, 0.4) is 0 Å². The number of unbranched alkanes of at least 4 members (excludes halogenated alkanes) is 46. The fourth-order valence-corrected chi connectivity index (χ4v) is 13.6. The Balaban J connectivity index is 5.19. The molecule has 6 atom stereocenters. The van der Waals surface area contributed by atoms with E-state index in [-0.39, 0.29) is 25.7 Å². The first-order chi connectivity index (χ1) is 46.9. The van der Waals surface area contributed by atoms with Gasteiger partial charge < -0.3 is 33.8 Å². The van der Waals surface area contributed by atoms with Gasteiger partial charge in [-0.05, 0) is 37.5 Å². The first-order valence-corrected chi connectivity index (χ1v) is 43.5. The lowest BCUT2D eigenvalue weighted by Crippen LogP contribution is -2.30. The number of carbonyl (C=O) groups excluding carboxylic acids is 4. The van der Waals surface area contributed by atoms with Crippen LogP contribution in [-0.2, 0) is 65.4 Å². The summed E-state index contributed by atoms with van der Waals surface area (Å²) in [7, 11) is -9.91. The lowest BCUT2D eigenvalue weighted by atomic mass is 9.99. The highest BCUT2D eigenvalue weighted by atomic mass is 31.2. The third-order valence-electron chi connectivity index (χ3n) is 18.6. The van der Waals surface area contributed by atoms with Crippen molar-refractivity contribution in [3.8, 4) is 0 Å². The molecule has 0 aliphatic carbocycles. The summed E-state index contributed by atoms with van der Waals surface area (Å²) in [5.41, 5.74) is 0. The standard InChI is InChI=1S/C78H152O17P2/c1-7-10-12-14-16-17-18-19-20-21-22-23-24-29-32-38-44-50-56-62-77(82)95-74(67-89-76(81)61-55-49-43-37-31-28-26-25-27-30-36-42-47-53-59-71(6)9-3)69-93-97(86,87)91-65-72(79)64-90-96(84,85)92-68-73(66-88-75(80)60-54-48-40-15-13-11-8-2)94-78(83)63-57-51-45-39-34-33-35-41-46-52-58-70(4)5/h70-74,79H,7-69H2,1-6H3,(H,84,85)(H,86,87)/t71?,72-,73+,74+/m0/s1. The van der Waals surface area contributed by atoms with Gasteiger partial charge in [0.2, 0.25) is 0 Å². The van der Waals surface area contributed by atoms with E-state index in [1.807, 2.05) is 0 Å². The molecule has 0 bridgehead atoms. The maximum atomic E-state index is 13.1. The quantitative estimate of drug-likeness (QED) is 0.0222. The van der Waals surface area contributed by atoms with Crippen LogP contribution in [0.15, 0.2) is 0 Å². The molecule has 0 aromatic heterocycles. The Labute approximate surface area is 594 Å². The summed E-state index contributed by atoms with van der Waals surface area (Å²) in [6, 6.07) is 0. The zero-order valence-corrected chi connectivity index (χ0v) is 65.2. The SMILES string of the molecule is CCCCCCCCCCCCCCCCCCCCCC(=O)O[C@H](COC(=O)CCCCCCCCCCCCCCCCC(C)CC)COP(=O)(O)OC[C@@H](O)COP(=O)(O)OC[C@@H](COC(=O)CCCCCCCCC)OC(=O)CCCCCCCCCCCCC(C)C. The molecular formula is C78H152O17P2. The number of hydrogen-bond acceptors (Lipinski definition) is 15. The average Bonchev–Trinajstić information content (AvgIpc) is 1.12. The number of ether oxygens (including phenoxy) is 4. The Morgan fingerprint density at radius 2 is 0.526 bits per heavy atom. The summed E-state index contributed by atoms with van der Waals surface area (Å²) in [5.74, 6) is -0.515. The minimum atomic E-state index is -4.96. The molecule has 576 valence electrons. The van der Waals surface area contributed by atoms with Gasteiger partial charge in [0.1, 0.15) is 19.3 Å². The molecule has 3 N–H and O–H groups in total. The summed E-state index contributed by atoms with van der Waals surface area (Å²) in [6.45, 7) is 9.61. The Morgan fingerprint density at radius 1 is 0.299 bits per heavy atom. The molecule has 3 unspecified atom stereocenters. The van der Waals surface area contributed by atoms with E-state index in [1.165, 1.54) is 212 Å². The Hall–Kier alpha value is -1.94. The zero-order chi connectivity index (χ0) is 71.4. The van der Waals surface area contributed by atoms with E-state index in [2.05, 4.69) is 41.5 Å². The van der Waals surface area contributed by atoms with Crippen molar-refractivity contribution in [1.29, 1.82) is 0 Å². The molecule has 0 saturated heterocycles. The molecule has 0 aliphatic heterocycles. The van der Waals surface area contributed by atoms with E-state index in [4.69, 9.17) is 37.0 Å². The second-order valence-electron chi connectivity index (χ2n) is 28.8. The summed E-state index contributed by atoms with van der Waals surface area (Å²) in [4.78, 5) is 72.8. The van der Waals surface area contributed by atoms with Gasteiger partial charge in [-0.3, -0.25) is 37.3 Å². The molecule has 0 aromatic rings. The van der Waals surface area contributed by atoms with E-state index in [9.17, 15) is 43.2 Å². The number of phosphoric ester groups is 2. The minimum Gasteiger partial charge on any atom is -0.462 e. The first-order valence-electron chi connectivity index (χ1n) is 40.5. The molecule has 17 nitrogen and oxygen atoms in total. The molecule has 97 heavy (non-hydrogen) atoms. The second kappa shape index (κ2) is 69.8. The number of esters is 4. The number of phosphoric acid groups is 2. The number of carbonyl (C=O) groups is 4. The molecule has 0 heterocycles. The molecule has 0 rings (SSSR count). The third-order valence-corrected chi connectivity index (χ3v) is 20.5. The Bertz CT molecular complexity index is 1870. The van der Waals surface area contributed by atoms with Crippen LogP contribution in [0.5, 0.6) is 0 Å². The van der Waals surface area contributed by atoms with Gasteiger partial charge >= 0.3 is 39.5 Å². The lowest BCUT2D eigenvalue weighted by Gasteiger charge is -2.21. The maximum Gasteiger partial charge on any atom is 0.472 e. The van der Waals surface area contributed by atoms with E-state index in [0.717, 1.165) is 115 Å². The van der Waals surface area contributed by atoms with Crippen molar-refractivity contribution in [1.82, 2.24) is 0 Å².